The van der Waals surface area contributed by atoms with E-state index in [0.717, 1.165) is 66.2 Å². The number of H-pyrrole nitrogens is 2. The normalized spacial score (nSPS) is 20.0. The van der Waals surface area contributed by atoms with E-state index in [0.29, 0.717) is 28.6 Å². The number of rotatable bonds is 5. The van der Waals surface area contributed by atoms with Crippen LogP contribution in [-0.4, -0.2) is 33.0 Å². The number of fused-ring (bicyclic) bond motifs is 1. The number of hydrogen-bond donors (Lipinski definition) is 4. The van der Waals surface area contributed by atoms with Crippen molar-refractivity contribution in [3.05, 3.63) is 72.3 Å². The lowest BCUT2D eigenvalue weighted by Crippen LogP contribution is -2.14. The molecule has 8 heteroatoms. The Morgan fingerprint density at radius 1 is 0.889 bits per heavy atom. The molecule has 0 bridgehead atoms. The Labute approximate surface area is 207 Å². The lowest BCUT2D eigenvalue weighted by Gasteiger charge is -2.05. The zero-order chi connectivity index (χ0) is 24.1. The van der Waals surface area contributed by atoms with Crippen molar-refractivity contribution in [1.82, 2.24) is 30.6 Å². The van der Waals surface area contributed by atoms with Crippen molar-refractivity contribution in [2.75, 3.05) is 13.1 Å². The first-order valence-corrected chi connectivity index (χ1v) is 12.6. The van der Waals surface area contributed by atoms with Gasteiger partial charge in [-0.3, -0.25) is 0 Å². The Morgan fingerprint density at radius 3 is 2.47 bits per heavy atom. The number of nitrogens with one attached hydrogen (secondary N) is 4. The SMILES string of the molecule is Fc1cc(-c2cc3cc(-c4cnc([C@@H]5CCCN5)[nH]4)ccc3o2)ccc1-c1c[nH]c([C@@H]2CCCN2)n1. The van der Waals surface area contributed by atoms with Crippen molar-refractivity contribution < 1.29 is 8.81 Å². The number of nitrogens with zero attached hydrogens (tertiary/aromatic N) is 2. The van der Waals surface area contributed by atoms with Crippen LogP contribution in [-0.2, 0) is 0 Å². The fourth-order valence-electron chi connectivity index (χ4n) is 5.38. The van der Waals surface area contributed by atoms with Gasteiger partial charge in [0.2, 0.25) is 0 Å². The predicted octanol–water partition coefficient (Wildman–Crippen LogP) is 5.87. The van der Waals surface area contributed by atoms with E-state index in [1.54, 1.807) is 12.3 Å². The number of halogens is 1. The zero-order valence-electron chi connectivity index (χ0n) is 19.8. The van der Waals surface area contributed by atoms with Gasteiger partial charge >= 0.3 is 0 Å². The third kappa shape index (κ3) is 3.83. The van der Waals surface area contributed by atoms with E-state index in [-0.39, 0.29) is 11.9 Å². The lowest BCUT2D eigenvalue weighted by molar-refractivity contribution is 0.611. The van der Waals surface area contributed by atoms with Crippen LogP contribution in [0, 0.1) is 5.82 Å². The van der Waals surface area contributed by atoms with Gasteiger partial charge in [-0.25, -0.2) is 14.4 Å². The summed E-state index contributed by atoms with van der Waals surface area (Å²) in [5.74, 6) is 2.15. The summed E-state index contributed by atoms with van der Waals surface area (Å²) in [5.41, 5.74) is 4.56. The van der Waals surface area contributed by atoms with Gasteiger partial charge in [0.05, 0.1) is 29.7 Å². The van der Waals surface area contributed by atoms with Crippen molar-refractivity contribution in [2.45, 2.75) is 37.8 Å². The minimum absolute atomic E-state index is 0.217. The van der Waals surface area contributed by atoms with Crippen molar-refractivity contribution in [1.29, 1.82) is 0 Å². The molecule has 7 nitrogen and oxygen atoms in total. The largest absolute Gasteiger partial charge is 0.456 e. The summed E-state index contributed by atoms with van der Waals surface area (Å²) in [4.78, 5) is 15.9. The van der Waals surface area contributed by atoms with E-state index in [9.17, 15) is 0 Å². The molecular formula is C28H27FN6O. The molecular weight excluding hydrogens is 455 g/mol. The maximum atomic E-state index is 15.2. The molecule has 2 aliphatic heterocycles. The summed E-state index contributed by atoms with van der Waals surface area (Å²) in [6.07, 6.45) is 8.11. The third-order valence-electron chi connectivity index (χ3n) is 7.33. The van der Waals surface area contributed by atoms with Crippen LogP contribution in [0.5, 0.6) is 0 Å². The number of hydrogen-bond acceptors (Lipinski definition) is 5. The highest BCUT2D eigenvalue weighted by molar-refractivity contribution is 5.87. The molecule has 2 aromatic carbocycles. The van der Waals surface area contributed by atoms with Gasteiger partial charge in [-0.05, 0) is 75.2 Å². The van der Waals surface area contributed by atoms with Crippen LogP contribution in [0.4, 0.5) is 4.39 Å². The molecule has 2 aliphatic rings. The van der Waals surface area contributed by atoms with E-state index in [4.69, 9.17) is 4.42 Å². The van der Waals surface area contributed by atoms with Gasteiger partial charge in [-0.15, -0.1) is 0 Å². The minimum atomic E-state index is -0.323. The Morgan fingerprint density at radius 2 is 1.69 bits per heavy atom. The van der Waals surface area contributed by atoms with Crippen LogP contribution in [0.2, 0.25) is 0 Å². The van der Waals surface area contributed by atoms with Gasteiger partial charge in [0.1, 0.15) is 28.8 Å². The average molecular weight is 483 g/mol. The summed E-state index contributed by atoms with van der Waals surface area (Å²) in [6, 6.07) is 13.7. The highest BCUT2D eigenvalue weighted by Crippen LogP contribution is 2.34. The molecule has 0 spiro atoms. The first kappa shape index (κ1) is 21.5. The van der Waals surface area contributed by atoms with E-state index in [1.165, 1.54) is 12.5 Å². The second kappa shape index (κ2) is 8.72. The lowest BCUT2D eigenvalue weighted by atomic mass is 10.1. The van der Waals surface area contributed by atoms with E-state index >= 15 is 4.39 Å². The Hall–Kier alpha value is -3.75. The number of aromatic amines is 2. The van der Waals surface area contributed by atoms with Gasteiger partial charge in [0.15, 0.2) is 0 Å². The van der Waals surface area contributed by atoms with Crippen LogP contribution in [0.3, 0.4) is 0 Å². The Bertz CT molecular complexity index is 1540. The zero-order valence-corrected chi connectivity index (χ0v) is 19.8. The summed E-state index contributed by atoms with van der Waals surface area (Å²) >= 11 is 0. The first-order chi connectivity index (χ1) is 17.7. The summed E-state index contributed by atoms with van der Waals surface area (Å²) < 4.78 is 21.2. The first-order valence-electron chi connectivity index (χ1n) is 12.6. The van der Waals surface area contributed by atoms with Crippen LogP contribution < -0.4 is 10.6 Å². The molecule has 3 aromatic heterocycles. The average Bonchev–Trinajstić information content (AvgIpc) is 3.73. The molecule has 2 saturated heterocycles. The second-order valence-corrected chi connectivity index (χ2v) is 9.71. The highest BCUT2D eigenvalue weighted by Gasteiger charge is 2.21. The second-order valence-electron chi connectivity index (χ2n) is 9.71. The molecule has 0 amide bonds. The maximum Gasteiger partial charge on any atom is 0.135 e. The molecule has 0 radical (unpaired) electrons. The van der Waals surface area contributed by atoms with Crippen LogP contribution >= 0.6 is 0 Å². The van der Waals surface area contributed by atoms with E-state index in [2.05, 4.69) is 36.6 Å². The fraction of sp³-hybridized carbons (Fsp3) is 0.286. The molecule has 2 atom stereocenters. The van der Waals surface area contributed by atoms with E-state index in [1.807, 2.05) is 30.5 Å². The van der Waals surface area contributed by atoms with Gasteiger partial charge in [0, 0.05) is 28.3 Å². The van der Waals surface area contributed by atoms with Crippen LogP contribution in [0.15, 0.2) is 59.3 Å². The molecule has 36 heavy (non-hydrogen) atoms. The smallest absolute Gasteiger partial charge is 0.135 e. The molecule has 7 rings (SSSR count). The van der Waals surface area contributed by atoms with Crippen molar-refractivity contribution in [2.24, 2.45) is 0 Å². The Kier molecular flexibility index (Phi) is 5.22. The molecule has 4 N–H and O–H groups in total. The molecule has 5 aromatic rings. The van der Waals surface area contributed by atoms with Crippen molar-refractivity contribution in [3.63, 3.8) is 0 Å². The number of aromatic nitrogens is 4. The summed E-state index contributed by atoms with van der Waals surface area (Å²) in [6.45, 7) is 2.02. The van der Waals surface area contributed by atoms with Crippen molar-refractivity contribution >= 4 is 11.0 Å². The third-order valence-corrected chi connectivity index (χ3v) is 7.33. The predicted molar refractivity (Wildman–Crippen MR) is 137 cm³/mol. The molecule has 0 saturated carbocycles. The monoisotopic (exact) mass is 482 g/mol. The molecule has 5 heterocycles. The topological polar surface area (TPSA) is 94.6 Å². The minimum Gasteiger partial charge on any atom is -0.456 e. The molecule has 182 valence electrons. The van der Waals surface area contributed by atoms with Crippen LogP contribution in [0.25, 0.3) is 44.8 Å². The number of imidazole rings is 2. The number of furan rings is 1. The standard InChI is InChI=1S/C28H27FN6O/c29-20-12-17(5-7-19(20)24-15-33-28(35-24)22-4-2-10-31-22)26-13-18-11-16(6-8-25(18)36-26)23-14-32-27(34-23)21-3-1-9-30-21/h5-8,11-15,21-22,30-31H,1-4,9-10H2,(H,32,34)(H,33,35)/t21-,22-/m0/s1. The quantitative estimate of drug-likeness (QED) is 0.251. The number of benzene rings is 2. The Balaban J connectivity index is 1.15. The van der Waals surface area contributed by atoms with Gasteiger partial charge in [-0.1, -0.05) is 6.07 Å². The van der Waals surface area contributed by atoms with Crippen LogP contribution in [0.1, 0.15) is 49.4 Å². The van der Waals surface area contributed by atoms with Crippen molar-refractivity contribution in [3.8, 4) is 33.8 Å². The highest BCUT2D eigenvalue weighted by atomic mass is 19.1. The van der Waals surface area contributed by atoms with E-state index < -0.39 is 0 Å². The summed E-state index contributed by atoms with van der Waals surface area (Å²) in [7, 11) is 0. The summed E-state index contributed by atoms with van der Waals surface area (Å²) in [5, 5.41) is 7.85. The van der Waals surface area contributed by atoms with Gasteiger partial charge in [0.25, 0.3) is 0 Å². The van der Waals surface area contributed by atoms with Gasteiger partial charge in [-0.2, -0.15) is 0 Å². The molecule has 0 aliphatic carbocycles. The molecule has 0 unspecified atom stereocenters. The molecule has 2 fully saturated rings. The van der Waals surface area contributed by atoms with Gasteiger partial charge < -0.3 is 25.0 Å². The maximum absolute atomic E-state index is 15.2. The fourth-order valence-corrected chi connectivity index (χ4v) is 5.38.